The van der Waals surface area contributed by atoms with Crippen LogP contribution in [0.25, 0.3) is 0 Å². The minimum atomic E-state index is -0.120. The Morgan fingerprint density at radius 1 is 0.476 bits per heavy atom. The Morgan fingerprint density at radius 3 is 1.29 bits per heavy atom. The van der Waals surface area contributed by atoms with E-state index in [1.165, 1.54) is 44.9 Å². The van der Waals surface area contributed by atoms with Gasteiger partial charge in [0.2, 0.25) is 0 Å². The van der Waals surface area contributed by atoms with Crippen molar-refractivity contribution >= 4 is 0 Å². The van der Waals surface area contributed by atoms with Gasteiger partial charge in [0, 0.05) is 0 Å². The predicted molar refractivity (Wildman–Crippen MR) is 92.6 cm³/mol. The van der Waals surface area contributed by atoms with E-state index in [1.54, 1.807) is 0 Å². The van der Waals surface area contributed by atoms with Gasteiger partial charge in [-0.25, -0.2) is 0 Å². The summed E-state index contributed by atoms with van der Waals surface area (Å²) in [4.78, 5) is 0. The summed E-state index contributed by atoms with van der Waals surface area (Å²) in [6.45, 7) is 4.41. The van der Waals surface area contributed by atoms with Crippen LogP contribution >= 0.6 is 0 Å². The molecule has 0 saturated heterocycles. The first-order chi connectivity index (χ1) is 10.2. The smallest absolute Gasteiger partial charge is 0.0540 e. The van der Waals surface area contributed by atoms with E-state index in [2.05, 4.69) is 13.8 Å². The number of aliphatic hydroxyl groups is 2. The summed E-state index contributed by atoms with van der Waals surface area (Å²) in [7, 11) is 0. The molecule has 128 valence electrons. The third-order valence-electron chi connectivity index (χ3n) is 4.36. The second kappa shape index (κ2) is 16.3. The van der Waals surface area contributed by atoms with Crippen LogP contribution in [0.15, 0.2) is 0 Å². The van der Waals surface area contributed by atoms with Crippen LogP contribution in [0.4, 0.5) is 0 Å². The van der Waals surface area contributed by atoms with Crippen LogP contribution in [0.3, 0.4) is 0 Å². The van der Waals surface area contributed by atoms with E-state index in [4.69, 9.17) is 0 Å². The molecule has 0 radical (unpaired) electrons. The minimum Gasteiger partial charge on any atom is -0.393 e. The fourth-order valence-electron chi connectivity index (χ4n) is 2.83. The Hall–Kier alpha value is -0.0800. The zero-order chi connectivity index (χ0) is 15.8. The minimum absolute atomic E-state index is 0.117. The monoisotopic (exact) mass is 300 g/mol. The zero-order valence-corrected chi connectivity index (χ0v) is 14.7. The molecule has 0 rings (SSSR count). The van der Waals surface area contributed by atoms with E-state index in [0.29, 0.717) is 0 Å². The average Bonchev–Trinajstić information content (AvgIpc) is 2.48. The lowest BCUT2D eigenvalue weighted by atomic mass is 10.0. The second-order valence-corrected chi connectivity index (χ2v) is 6.64. The molecule has 0 heterocycles. The average molecular weight is 301 g/mol. The Balaban J connectivity index is 3.24. The van der Waals surface area contributed by atoms with Crippen molar-refractivity contribution in [2.75, 3.05) is 0 Å². The molecule has 0 fully saturated rings. The Kier molecular flexibility index (Phi) is 16.2. The lowest BCUT2D eigenvalue weighted by molar-refractivity contribution is 0.132. The van der Waals surface area contributed by atoms with E-state index in [0.717, 1.165) is 51.4 Å². The molecule has 0 bridgehead atoms. The van der Waals surface area contributed by atoms with Gasteiger partial charge in [0.05, 0.1) is 12.2 Å². The summed E-state index contributed by atoms with van der Waals surface area (Å²) in [6.07, 6.45) is 17.1. The highest BCUT2D eigenvalue weighted by atomic mass is 16.3. The number of hydrogen-bond acceptors (Lipinski definition) is 2. The SMILES string of the molecule is CCCCCCCCCC(O)CCCCC(O)CCCC. The molecule has 0 spiro atoms. The van der Waals surface area contributed by atoms with Crippen LogP contribution < -0.4 is 0 Å². The van der Waals surface area contributed by atoms with Crippen LogP contribution in [0.1, 0.15) is 110 Å². The molecular weight excluding hydrogens is 260 g/mol. The normalized spacial score (nSPS) is 14.3. The number of rotatable bonds is 16. The van der Waals surface area contributed by atoms with Crippen molar-refractivity contribution in [1.82, 2.24) is 0 Å². The highest BCUT2D eigenvalue weighted by Crippen LogP contribution is 2.14. The Bertz CT molecular complexity index is 194. The van der Waals surface area contributed by atoms with Crippen LogP contribution in [0.5, 0.6) is 0 Å². The summed E-state index contributed by atoms with van der Waals surface area (Å²) < 4.78 is 0. The van der Waals surface area contributed by atoms with Gasteiger partial charge in [-0.15, -0.1) is 0 Å². The van der Waals surface area contributed by atoms with Crippen molar-refractivity contribution in [2.45, 2.75) is 122 Å². The van der Waals surface area contributed by atoms with E-state index < -0.39 is 0 Å². The van der Waals surface area contributed by atoms with Crippen molar-refractivity contribution in [2.24, 2.45) is 0 Å². The van der Waals surface area contributed by atoms with Gasteiger partial charge in [-0.1, -0.05) is 84.5 Å². The molecule has 2 heteroatoms. The molecule has 2 unspecified atom stereocenters. The quantitative estimate of drug-likeness (QED) is 0.364. The molecule has 0 aromatic rings. The molecule has 2 N–H and O–H groups in total. The molecular formula is C19H40O2. The van der Waals surface area contributed by atoms with E-state index in [9.17, 15) is 10.2 Å². The van der Waals surface area contributed by atoms with Crippen molar-refractivity contribution in [1.29, 1.82) is 0 Å². The molecule has 0 aliphatic carbocycles. The van der Waals surface area contributed by atoms with E-state index in [1.807, 2.05) is 0 Å². The maximum atomic E-state index is 9.93. The number of hydrogen-bond donors (Lipinski definition) is 2. The van der Waals surface area contributed by atoms with E-state index >= 15 is 0 Å². The maximum Gasteiger partial charge on any atom is 0.0540 e. The summed E-state index contributed by atoms with van der Waals surface area (Å²) in [6, 6.07) is 0. The zero-order valence-electron chi connectivity index (χ0n) is 14.7. The molecule has 0 amide bonds. The van der Waals surface area contributed by atoms with Crippen LogP contribution in [-0.2, 0) is 0 Å². The molecule has 0 aromatic carbocycles. The fourth-order valence-corrected chi connectivity index (χ4v) is 2.83. The second-order valence-electron chi connectivity index (χ2n) is 6.64. The van der Waals surface area contributed by atoms with Crippen molar-refractivity contribution in [3.05, 3.63) is 0 Å². The van der Waals surface area contributed by atoms with Gasteiger partial charge < -0.3 is 10.2 Å². The van der Waals surface area contributed by atoms with Gasteiger partial charge in [-0.3, -0.25) is 0 Å². The summed E-state index contributed by atoms with van der Waals surface area (Å²) in [5, 5.41) is 19.7. The highest BCUT2D eigenvalue weighted by molar-refractivity contribution is 4.60. The fraction of sp³-hybridized carbons (Fsp3) is 1.00. The van der Waals surface area contributed by atoms with Crippen LogP contribution in [0.2, 0.25) is 0 Å². The number of aliphatic hydroxyl groups excluding tert-OH is 2. The van der Waals surface area contributed by atoms with E-state index in [-0.39, 0.29) is 12.2 Å². The van der Waals surface area contributed by atoms with Crippen molar-refractivity contribution < 1.29 is 10.2 Å². The summed E-state index contributed by atoms with van der Waals surface area (Å²) in [5.41, 5.74) is 0. The molecule has 2 atom stereocenters. The Labute approximate surface area is 133 Å². The van der Waals surface area contributed by atoms with Gasteiger partial charge >= 0.3 is 0 Å². The first-order valence-electron chi connectivity index (χ1n) is 9.56. The van der Waals surface area contributed by atoms with Gasteiger partial charge in [-0.05, 0) is 25.7 Å². The van der Waals surface area contributed by atoms with Gasteiger partial charge in [0.1, 0.15) is 0 Å². The third kappa shape index (κ3) is 16.1. The van der Waals surface area contributed by atoms with Gasteiger partial charge in [-0.2, -0.15) is 0 Å². The molecule has 21 heavy (non-hydrogen) atoms. The largest absolute Gasteiger partial charge is 0.393 e. The van der Waals surface area contributed by atoms with Crippen LogP contribution in [0, 0.1) is 0 Å². The topological polar surface area (TPSA) is 40.5 Å². The first-order valence-corrected chi connectivity index (χ1v) is 9.56. The standard InChI is InChI=1S/C19H40O2/c1-3-5-7-8-9-10-11-15-19(21)17-13-12-16-18(20)14-6-4-2/h18-21H,3-17H2,1-2H3. The summed E-state index contributed by atoms with van der Waals surface area (Å²) in [5.74, 6) is 0. The third-order valence-corrected chi connectivity index (χ3v) is 4.36. The van der Waals surface area contributed by atoms with Gasteiger partial charge in [0.15, 0.2) is 0 Å². The molecule has 0 aliphatic heterocycles. The number of unbranched alkanes of at least 4 members (excludes halogenated alkanes) is 8. The first kappa shape index (κ1) is 20.9. The lowest BCUT2D eigenvalue weighted by Gasteiger charge is -2.12. The van der Waals surface area contributed by atoms with Crippen LogP contribution in [-0.4, -0.2) is 22.4 Å². The van der Waals surface area contributed by atoms with Crippen molar-refractivity contribution in [3.63, 3.8) is 0 Å². The summed E-state index contributed by atoms with van der Waals surface area (Å²) >= 11 is 0. The molecule has 0 saturated carbocycles. The van der Waals surface area contributed by atoms with Gasteiger partial charge in [0.25, 0.3) is 0 Å². The molecule has 0 aliphatic rings. The lowest BCUT2D eigenvalue weighted by Crippen LogP contribution is -2.08. The maximum absolute atomic E-state index is 9.93. The molecule has 0 aromatic heterocycles. The Morgan fingerprint density at radius 2 is 0.810 bits per heavy atom. The van der Waals surface area contributed by atoms with Crippen molar-refractivity contribution in [3.8, 4) is 0 Å². The highest BCUT2D eigenvalue weighted by Gasteiger charge is 2.06. The predicted octanol–water partition coefficient (Wildman–Crippen LogP) is 5.60. The molecule has 2 nitrogen and oxygen atoms in total.